The zero-order valence-electron chi connectivity index (χ0n) is 13.2. The highest BCUT2D eigenvalue weighted by atomic mass is 16.6. The summed E-state index contributed by atoms with van der Waals surface area (Å²) in [4.78, 5) is 4.85. The number of amidine groups is 1. The van der Waals surface area contributed by atoms with Gasteiger partial charge in [-0.25, -0.2) is 10.0 Å². The Balaban J connectivity index is 1.86. The second-order valence-corrected chi connectivity index (χ2v) is 5.50. The minimum Gasteiger partial charge on any atom is -0.457 e. The molecule has 0 saturated carbocycles. The smallest absolute Gasteiger partial charge is 0.274 e. The lowest BCUT2D eigenvalue weighted by molar-refractivity contribution is -0.116. The third-order valence-electron chi connectivity index (χ3n) is 4.02. The Bertz CT molecular complexity index is 802. The summed E-state index contributed by atoms with van der Waals surface area (Å²) in [7, 11) is 1.64. The summed E-state index contributed by atoms with van der Waals surface area (Å²) in [6.45, 7) is 0. The Hall–Kier alpha value is -2.92. The molecular formula is C19H17N3O2. The second-order valence-electron chi connectivity index (χ2n) is 5.50. The first-order valence-corrected chi connectivity index (χ1v) is 7.75. The zero-order valence-corrected chi connectivity index (χ0v) is 13.2. The van der Waals surface area contributed by atoms with E-state index >= 15 is 0 Å². The van der Waals surface area contributed by atoms with Crippen molar-refractivity contribution in [2.75, 3.05) is 7.11 Å². The van der Waals surface area contributed by atoms with E-state index in [2.05, 4.69) is 5.10 Å². The van der Waals surface area contributed by atoms with Crippen molar-refractivity contribution in [1.29, 1.82) is 0 Å². The first-order chi connectivity index (χ1) is 11.8. The molecule has 0 aliphatic carbocycles. The molecule has 2 aromatic carbocycles. The monoisotopic (exact) mass is 319 g/mol. The Kier molecular flexibility index (Phi) is 3.63. The molecule has 2 aliphatic rings. The van der Waals surface area contributed by atoms with Crippen LogP contribution in [0.15, 0.2) is 82.9 Å². The normalized spacial score (nSPS) is 24.6. The van der Waals surface area contributed by atoms with E-state index in [0.29, 0.717) is 5.84 Å². The standard InChI is InChI=1S/C19H17N3O2/c1-23-18-19(15-9-4-2-5-10-15,24-16-11-6-3-7-12-16)21-17-13-8-14-20-22(17)18/h2-14,18H,1H3. The van der Waals surface area contributed by atoms with Crippen LogP contribution in [0.2, 0.25) is 0 Å². The Morgan fingerprint density at radius 2 is 1.71 bits per heavy atom. The van der Waals surface area contributed by atoms with Gasteiger partial charge in [0.25, 0.3) is 5.72 Å². The number of methoxy groups -OCH3 is 1. The number of hydrogen-bond acceptors (Lipinski definition) is 5. The van der Waals surface area contributed by atoms with E-state index in [-0.39, 0.29) is 0 Å². The minimum absolute atomic E-state index is 0.503. The fourth-order valence-corrected chi connectivity index (χ4v) is 2.98. The van der Waals surface area contributed by atoms with Gasteiger partial charge >= 0.3 is 0 Å². The number of allylic oxidation sites excluding steroid dienone is 1. The molecule has 2 unspecified atom stereocenters. The molecule has 0 N–H and O–H groups in total. The van der Waals surface area contributed by atoms with Crippen LogP contribution in [0.4, 0.5) is 0 Å². The molecule has 120 valence electrons. The number of hydrogen-bond donors (Lipinski definition) is 0. The van der Waals surface area contributed by atoms with Crippen molar-refractivity contribution in [3.63, 3.8) is 0 Å². The number of aliphatic imine (C=N–C) groups is 1. The summed E-state index contributed by atoms with van der Waals surface area (Å²) in [6, 6.07) is 19.5. The average molecular weight is 319 g/mol. The second kappa shape index (κ2) is 5.94. The summed E-state index contributed by atoms with van der Waals surface area (Å²) in [5.74, 6) is 1.43. The number of nitrogens with zero attached hydrogens (tertiary/aromatic N) is 3. The maximum atomic E-state index is 6.38. The molecule has 5 heteroatoms. The van der Waals surface area contributed by atoms with E-state index < -0.39 is 12.0 Å². The Morgan fingerprint density at radius 3 is 2.42 bits per heavy atom. The maximum absolute atomic E-state index is 6.38. The molecule has 0 radical (unpaired) electrons. The summed E-state index contributed by atoms with van der Waals surface area (Å²) in [5.41, 5.74) is -0.121. The summed E-state index contributed by atoms with van der Waals surface area (Å²) in [5, 5.41) is 6.14. The van der Waals surface area contributed by atoms with E-state index in [1.165, 1.54) is 0 Å². The first kappa shape index (κ1) is 14.7. The zero-order chi connectivity index (χ0) is 16.4. The fraction of sp³-hybridized carbons (Fsp3) is 0.158. The van der Waals surface area contributed by atoms with Gasteiger partial charge in [-0.1, -0.05) is 48.5 Å². The van der Waals surface area contributed by atoms with Gasteiger partial charge in [0.05, 0.1) is 0 Å². The van der Waals surface area contributed by atoms with Crippen LogP contribution < -0.4 is 4.74 Å². The molecule has 0 aromatic heterocycles. The molecule has 5 nitrogen and oxygen atoms in total. The van der Waals surface area contributed by atoms with E-state index in [9.17, 15) is 0 Å². The highest BCUT2D eigenvalue weighted by Crippen LogP contribution is 2.41. The molecular weight excluding hydrogens is 302 g/mol. The van der Waals surface area contributed by atoms with Crippen LogP contribution in [-0.2, 0) is 10.5 Å². The number of fused-ring (bicyclic) bond motifs is 1. The topological polar surface area (TPSA) is 46.4 Å². The molecule has 0 bridgehead atoms. The number of benzene rings is 2. The van der Waals surface area contributed by atoms with Gasteiger partial charge in [-0.15, -0.1) is 0 Å². The third kappa shape index (κ3) is 2.30. The molecule has 2 atom stereocenters. The van der Waals surface area contributed by atoms with Crippen LogP contribution in [0.5, 0.6) is 5.75 Å². The molecule has 2 aliphatic heterocycles. The van der Waals surface area contributed by atoms with E-state index in [1.54, 1.807) is 18.3 Å². The molecule has 0 amide bonds. The third-order valence-corrected chi connectivity index (χ3v) is 4.02. The molecule has 0 fully saturated rings. The molecule has 2 aromatic rings. The SMILES string of the molecule is COC1N2N=CC=CC2=NC1(Oc1ccccc1)c1ccccc1. The minimum atomic E-state index is -1.03. The number of hydrazone groups is 1. The lowest BCUT2D eigenvalue weighted by Gasteiger charge is -2.34. The molecule has 0 spiro atoms. The van der Waals surface area contributed by atoms with Crippen molar-refractivity contribution >= 4 is 12.1 Å². The van der Waals surface area contributed by atoms with Crippen LogP contribution in [0.25, 0.3) is 0 Å². The van der Waals surface area contributed by atoms with Gasteiger partial charge in [0.1, 0.15) is 5.75 Å². The van der Waals surface area contributed by atoms with Crippen molar-refractivity contribution in [3.8, 4) is 5.75 Å². The highest BCUT2D eigenvalue weighted by Gasteiger charge is 2.53. The number of rotatable bonds is 4. The molecule has 24 heavy (non-hydrogen) atoms. The van der Waals surface area contributed by atoms with Crippen molar-refractivity contribution in [3.05, 3.63) is 78.4 Å². The van der Waals surface area contributed by atoms with E-state index in [0.717, 1.165) is 11.3 Å². The number of para-hydroxylation sites is 1. The van der Waals surface area contributed by atoms with Crippen LogP contribution in [0.3, 0.4) is 0 Å². The van der Waals surface area contributed by atoms with Crippen LogP contribution >= 0.6 is 0 Å². The van der Waals surface area contributed by atoms with Crippen LogP contribution in [0, 0.1) is 0 Å². The van der Waals surface area contributed by atoms with E-state index in [4.69, 9.17) is 14.5 Å². The summed E-state index contributed by atoms with van der Waals surface area (Å²) < 4.78 is 12.1. The Labute approximate surface area is 140 Å². The molecule has 4 rings (SSSR count). The predicted octanol–water partition coefficient (Wildman–Crippen LogP) is 3.16. The molecule has 0 saturated heterocycles. The quantitative estimate of drug-likeness (QED) is 0.869. The van der Waals surface area contributed by atoms with Gasteiger partial charge in [0.15, 0.2) is 5.84 Å². The van der Waals surface area contributed by atoms with Crippen LogP contribution in [-0.4, -0.2) is 30.4 Å². The summed E-state index contributed by atoms with van der Waals surface area (Å²) >= 11 is 0. The Morgan fingerprint density at radius 1 is 1.00 bits per heavy atom. The summed E-state index contributed by atoms with van der Waals surface area (Å²) in [6.07, 6.45) is 4.97. The van der Waals surface area contributed by atoms with E-state index in [1.807, 2.05) is 72.8 Å². The van der Waals surface area contributed by atoms with Crippen molar-refractivity contribution < 1.29 is 9.47 Å². The average Bonchev–Trinajstić information content (AvgIpc) is 2.97. The lowest BCUT2D eigenvalue weighted by atomic mass is 10.0. The van der Waals surface area contributed by atoms with Crippen LogP contribution in [0.1, 0.15) is 5.56 Å². The first-order valence-electron chi connectivity index (χ1n) is 7.75. The predicted molar refractivity (Wildman–Crippen MR) is 92.9 cm³/mol. The maximum Gasteiger partial charge on any atom is 0.274 e. The number of ether oxygens (including phenoxy) is 2. The van der Waals surface area contributed by atoms with Gasteiger partial charge < -0.3 is 9.47 Å². The van der Waals surface area contributed by atoms with Crippen molar-refractivity contribution in [2.45, 2.75) is 12.0 Å². The van der Waals surface area contributed by atoms with Crippen molar-refractivity contribution in [2.24, 2.45) is 10.1 Å². The highest BCUT2D eigenvalue weighted by molar-refractivity contribution is 6.00. The van der Waals surface area contributed by atoms with Crippen molar-refractivity contribution in [1.82, 2.24) is 5.01 Å². The van der Waals surface area contributed by atoms with Gasteiger partial charge in [-0.05, 0) is 24.3 Å². The largest absolute Gasteiger partial charge is 0.457 e. The van der Waals surface area contributed by atoms with Gasteiger partial charge in [0.2, 0.25) is 6.23 Å². The van der Waals surface area contributed by atoms with Gasteiger partial charge in [0, 0.05) is 18.9 Å². The fourth-order valence-electron chi connectivity index (χ4n) is 2.98. The van der Waals surface area contributed by atoms with Gasteiger partial charge in [-0.2, -0.15) is 5.10 Å². The lowest BCUT2D eigenvalue weighted by Crippen LogP contribution is -2.48. The van der Waals surface area contributed by atoms with Gasteiger partial charge in [-0.3, -0.25) is 0 Å². The molecule has 2 heterocycles.